The van der Waals surface area contributed by atoms with E-state index in [2.05, 4.69) is 23.9 Å². The number of carbonyl (C=O) groups is 1. The number of likely N-dealkylation sites (N-methyl/N-ethyl adjacent to an activating group) is 1. The average Bonchev–Trinajstić information content (AvgIpc) is 2.91. The van der Waals surface area contributed by atoms with E-state index in [0.29, 0.717) is 12.5 Å². The Bertz CT molecular complexity index is 1010. The molecule has 0 spiro atoms. The van der Waals surface area contributed by atoms with Crippen molar-refractivity contribution in [2.45, 2.75) is 73.9 Å². The highest BCUT2D eigenvalue weighted by Gasteiger charge is 2.25. The summed E-state index contributed by atoms with van der Waals surface area (Å²) in [6.45, 7) is 13.3. The van der Waals surface area contributed by atoms with Gasteiger partial charge in [-0.3, -0.25) is 23.8 Å². The molecule has 0 aromatic carbocycles. The molecule has 9 heteroatoms. The summed E-state index contributed by atoms with van der Waals surface area (Å²) in [5.41, 5.74) is 7.61. The minimum Gasteiger partial charge on any atom is -0.383 e. The summed E-state index contributed by atoms with van der Waals surface area (Å²) in [7, 11) is 0. The number of nitrogen functional groups attached to an aromatic ring is 1. The molecule has 0 unspecified atom stereocenters. The topological polar surface area (TPSA) is 119 Å². The van der Waals surface area contributed by atoms with Crippen molar-refractivity contribution in [2.24, 2.45) is 5.92 Å². The fourth-order valence-electron chi connectivity index (χ4n) is 3.60. The summed E-state index contributed by atoms with van der Waals surface area (Å²) in [5, 5.41) is 4.56. The highest BCUT2D eigenvalue weighted by molar-refractivity contribution is 5.96. The summed E-state index contributed by atoms with van der Waals surface area (Å²) < 4.78 is 3.25. The molecule has 2 rings (SSSR count). The van der Waals surface area contributed by atoms with Gasteiger partial charge in [0.15, 0.2) is 5.69 Å². The van der Waals surface area contributed by atoms with Crippen molar-refractivity contribution in [3.05, 3.63) is 37.8 Å². The second kappa shape index (κ2) is 9.77. The van der Waals surface area contributed by atoms with Crippen LogP contribution >= 0.6 is 0 Å². The van der Waals surface area contributed by atoms with Crippen LogP contribution in [-0.4, -0.2) is 31.8 Å². The zero-order valence-electron chi connectivity index (χ0n) is 18.9. The van der Waals surface area contributed by atoms with E-state index in [1.807, 2.05) is 25.5 Å². The number of hydrogen-bond acceptors (Lipinski definition) is 5. The van der Waals surface area contributed by atoms with Gasteiger partial charge in [0.05, 0.1) is 12.1 Å². The Kier molecular flexibility index (Phi) is 7.64. The van der Waals surface area contributed by atoms with Crippen molar-refractivity contribution in [3.63, 3.8) is 0 Å². The molecule has 0 atom stereocenters. The van der Waals surface area contributed by atoms with Crippen LogP contribution in [0.2, 0.25) is 0 Å². The molecule has 1 amide bonds. The van der Waals surface area contributed by atoms with Gasteiger partial charge in [0, 0.05) is 30.9 Å². The minimum atomic E-state index is -0.649. The van der Waals surface area contributed by atoms with Crippen LogP contribution in [0.25, 0.3) is 0 Å². The van der Waals surface area contributed by atoms with Crippen LogP contribution in [0.4, 0.5) is 11.5 Å². The van der Waals surface area contributed by atoms with E-state index in [4.69, 9.17) is 5.73 Å². The van der Waals surface area contributed by atoms with E-state index in [0.717, 1.165) is 36.3 Å². The van der Waals surface area contributed by atoms with E-state index in [1.54, 1.807) is 6.92 Å². The summed E-state index contributed by atoms with van der Waals surface area (Å²) >= 11 is 0. The predicted octanol–water partition coefficient (Wildman–Crippen LogP) is 1.98. The summed E-state index contributed by atoms with van der Waals surface area (Å²) in [6.07, 6.45) is 1.72. The number of nitrogens with one attached hydrogen (secondary N) is 1. The van der Waals surface area contributed by atoms with E-state index in [9.17, 15) is 14.4 Å². The molecule has 0 aliphatic carbocycles. The molecule has 166 valence electrons. The van der Waals surface area contributed by atoms with Crippen molar-refractivity contribution in [2.75, 3.05) is 17.2 Å². The first-order valence-corrected chi connectivity index (χ1v) is 10.6. The molecule has 2 aromatic heterocycles. The molecule has 0 saturated heterocycles. The molecule has 9 nitrogen and oxygen atoms in total. The molecule has 0 saturated carbocycles. The zero-order chi connectivity index (χ0) is 22.6. The third-order valence-corrected chi connectivity index (χ3v) is 5.23. The van der Waals surface area contributed by atoms with E-state index < -0.39 is 11.2 Å². The van der Waals surface area contributed by atoms with Gasteiger partial charge >= 0.3 is 5.69 Å². The summed E-state index contributed by atoms with van der Waals surface area (Å²) in [5.74, 6) is 0.197. The Morgan fingerprint density at radius 2 is 1.90 bits per heavy atom. The average molecular weight is 419 g/mol. The minimum absolute atomic E-state index is 0.0244. The lowest BCUT2D eigenvalue weighted by molar-refractivity contribution is -0.118. The van der Waals surface area contributed by atoms with Crippen LogP contribution in [0.3, 0.4) is 0 Å². The first kappa shape index (κ1) is 23.4. The smallest absolute Gasteiger partial charge is 0.330 e. The second-order valence-electron chi connectivity index (χ2n) is 8.04. The van der Waals surface area contributed by atoms with Crippen molar-refractivity contribution < 1.29 is 4.79 Å². The Morgan fingerprint density at radius 3 is 2.47 bits per heavy atom. The maximum absolute atomic E-state index is 13.2. The number of rotatable bonds is 9. The molecular weight excluding hydrogens is 384 g/mol. The van der Waals surface area contributed by atoms with Crippen LogP contribution < -0.4 is 21.9 Å². The standard InChI is InChI=1S/C21H34N6O3/c1-7-9-10-26-19(22)18(20(29)23-21(26)30)25(8-2)17(28)11-16-14(5)24-27(15(16)6)12-13(3)4/h13H,7-12,22H2,1-6H3,(H,23,29,30). The van der Waals surface area contributed by atoms with Crippen molar-refractivity contribution in [1.29, 1.82) is 0 Å². The van der Waals surface area contributed by atoms with Gasteiger partial charge in [-0.15, -0.1) is 0 Å². The molecule has 0 fully saturated rings. The van der Waals surface area contributed by atoms with Crippen molar-refractivity contribution in [1.82, 2.24) is 19.3 Å². The molecule has 0 aliphatic heterocycles. The summed E-state index contributed by atoms with van der Waals surface area (Å²) in [6, 6.07) is 0. The number of unbranched alkanes of at least 4 members (excludes halogenated alkanes) is 1. The van der Waals surface area contributed by atoms with Gasteiger partial charge in [-0.1, -0.05) is 27.2 Å². The van der Waals surface area contributed by atoms with Crippen LogP contribution in [-0.2, 0) is 24.3 Å². The third kappa shape index (κ3) is 4.83. The maximum atomic E-state index is 13.2. The van der Waals surface area contributed by atoms with E-state index >= 15 is 0 Å². The quantitative estimate of drug-likeness (QED) is 0.645. The summed E-state index contributed by atoms with van der Waals surface area (Å²) in [4.78, 5) is 41.6. The Morgan fingerprint density at radius 1 is 1.23 bits per heavy atom. The fourth-order valence-corrected chi connectivity index (χ4v) is 3.60. The molecule has 2 aromatic rings. The fraction of sp³-hybridized carbons (Fsp3) is 0.619. The van der Waals surface area contributed by atoms with E-state index in [-0.39, 0.29) is 30.4 Å². The molecule has 0 aliphatic rings. The lowest BCUT2D eigenvalue weighted by Gasteiger charge is -2.23. The zero-order valence-corrected chi connectivity index (χ0v) is 18.9. The Hall–Kier alpha value is -2.84. The highest BCUT2D eigenvalue weighted by Crippen LogP contribution is 2.21. The number of aryl methyl sites for hydroxylation is 1. The molecule has 2 heterocycles. The third-order valence-electron chi connectivity index (χ3n) is 5.23. The Labute approximate surface area is 176 Å². The highest BCUT2D eigenvalue weighted by atomic mass is 16.2. The van der Waals surface area contributed by atoms with Gasteiger partial charge < -0.3 is 10.6 Å². The SMILES string of the molecule is CCCCn1c(N)c(N(CC)C(=O)Cc2c(C)nn(CC(C)C)c2C)c(=O)[nH]c1=O. The normalized spacial score (nSPS) is 11.3. The number of carbonyl (C=O) groups excluding carboxylic acids is 1. The lowest BCUT2D eigenvalue weighted by Crippen LogP contribution is -2.41. The molecule has 3 N–H and O–H groups in total. The molecule has 0 radical (unpaired) electrons. The van der Waals surface area contributed by atoms with Crippen LogP contribution in [0.15, 0.2) is 9.59 Å². The first-order valence-electron chi connectivity index (χ1n) is 10.6. The van der Waals surface area contributed by atoms with Gasteiger partial charge in [-0.2, -0.15) is 5.10 Å². The van der Waals surface area contributed by atoms with Gasteiger partial charge in [0.1, 0.15) is 5.82 Å². The maximum Gasteiger partial charge on any atom is 0.330 e. The van der Waals surface area contributed by atoms with Gasteiger partial charge in [0.25, 0.3) is 5.56 Å². The van der Waals surface area contributed by atoms with Crippen LogP contribution in [0.5, 0.6) is 0 Å². The second-order valence-corrected chi connectivity index (χ2v) is 8.04. The number of amides is 1. The lowest BCUT2D eigenvalue weighted by atomic mass is 10.1. The monoisotopic (exact) mass is 418 g/mol. The van der Waals surface area contributed by atoms with E-state index in [1.165, 1.54) is 9.47 Å². The number of nitrogens with two attached hydrogens (primary N) is 1. The number of anilines is 2. The Balaban J connectivity index is 2.42. The van der Waals surface area contributed by atoms with Gasteiger partial charge in [-0.05, 0) is 33.1 Å². The number of aromatic nitrogens is 4. The molecule has 0 bridgehead atoms. The van der Waals surface area contributed by atoms with Crippen molar-refractivity contribution >= 4 is 17.4 Å². The number of aromatic amines is 1. The number of nitrogens with zero attached hydrogens (tertiary/aromatic N) is 4. The van der Waals surface area contributed by atoms with Crippen LogP contribution in [0.1, 0.15) is 57.5 Å². The number of hydrogen-bond donors (Lipinski definition) is 2. The van der Waals surface area contributed by atoms with Gasteiger partial charge in [0.2, 0.25) is 5.91 Å². The largest absolute Gasteiger partial charge is 0.383 e. The molecular formula is C21H34N6O3. The van der Waals surface area contributed by atoms with Crippen molar-refractivity contribution in [3.8, 4) is 0 Å². The first-order chi connectivity index (χ1) is 14.1. The van der Waals surface area contributed by atoms with Gasteiger partial charge in [-0.25, -0.2) is 4.79 Å². The number of H-pyrrole nitrogens is 1. The molecule has 30 heavy (non-hydrogen) atoms. The van der Waals surface area contributed by atoms with Crippen LogP contribution in [0, 0.1) is 19.8 Å². The predicted molar refractivity (Wildman–Crippen MR) is 119 cm³/mol.